The van der Waals surface area contributed by atoms with Gasteiger partial charge in [0.1, 0.15) is 0 Å². The van der Waals surface area contributed by atoms with Crippen molar-refractivity contribution in [2.24, 2.45) is 0 Å². The molecule has 0 saturated heterocycles. The lowest BCUT2D eigenvalue weighted by Crippen LogP contribution is -2.28. The molecular formula is C12H21N3. The molecule has 1 aromatic heterocycles. The monoisotopic (exact) mass is 207 g/mol. The van der Waals surface area contributed by atoms with Crippen LogP contribution in [0.4, 0.5) is 0 Å². The Morgan fingerprint density at radius 2 is 2.07 bits per heavy atom. The largest absolute Gasteiger partial charge is 0.305 e. The van der Waals surface area contributed by atoms with Gasteiger partial charge in [-0.1, -0.05) is 26.8 Å². The summed E-state index contributed by atoms with van der Waals surface area (Å²) in [5.41, 5.74) is 2.39. The third-order valence-electron chi connectivity index (χ3n) is 2.27. The average molecular weight is 207 g/mol. The molecule has 3 heteroatoms. The zero-order chi connectivity index (χ0) is 11.1. The Morgan fingerprint density at radius 3 is 2.60 bits per heavy atom. The number of hydrogen-bond acceptors (Lipinski definition) is 3. The minimum absolute atomic E-state index is 0.508. The van der Waals surface area contributed by atoms with Crippen molar-refractivity contribution < 1.29 is 0 Å². The Hall–Kier alpha value is -0.930. The van der Waals surface area contributed by atoms with Crippen molar-refractivity contribution in [3.8, 4) is 0 Å². The molecule has 2 N–H and O–H groups in total. The van der Waals surface area contributed by atoms with Gasteiger partial charge in [0.2, 0.25) is 0 Å². The summed E-state index contributed by atoms with van der Waals surface area (Å²) in [6.07, 6.45) is 1.95. The predicted octanol–water partition coefficient (Wildman–Crippen LogP) is 1.86. The van der Waals surface area contributed by atoms with Gasteiger partial charge in [0.15, 0.2) is 0 Å². The number of nitrogens with zero attached hydrogens (tertiary/aromatic N) is 1. The first-order chi connectivity index (χ1) is 7.24. The molecule has 0 saturated carbocycles. The van der Waals surface area contributed by atoms with Gasteiger partial charge in [-0.2, -0.15) is 0 Å². The predicted molar refractivity (Wildman–Crippen MR) is 63.7 cm³/mol. The number of aromatic nitrogens is 1. The minimum atomic E-state index is 0.508. The lowest BCUT2D eigenvalue weighted by molar-refractivity contribution is 0.597. The zero-order valence-electron chi connectivity index (χ0n) is 9.88. The van der Waals surface area contributed by atoms with Crippen molar-refractivity contribution in [1.82, 2.24) is 15.6 Å². The van der Waals surface area contributed by atoms with Gasteiger partial charge >= 0.3 is 0 Å². The highest BCUT2D eigenvalue weighted by Gasteiger charge is 1.99. The second-order valence-electron chi connectivity index (χ2n) is 3.95. The van der Waals surface area contributed by atoms with Gasteiger partial charge in [0, 0.05) is 25.1 Å². The van der Waals surface area contributed by atoms with E-state index in [-0.39, 0.29) is 0 Å². The zero-order valence-corrected chi connectivity index (χ0v) is 9.88. The van der Waals surface area contributed by atoms with Crippen LogP contribution in [0.5, 0.6) is 0 Å². The highest BCUT2D eigenvalue weighted by atomic mass is 15.0. The molecule has 0 spiro atoms. The Morgan fingerprint density at radius 1 is 1.27 bits per heavy atom. The first-order valence-electron chi connectivity index (χ1n) is 5.60. The van der Waals surface area contributed by atoms with Crippen LogP contribution in [0.1, 0.15) is 37.9 Å². The van der Waals surface area contributed by atoms with Gasteiger partial charge in [-0.05, 0) is 24.1 Å². The van der Waals surface area contributed by atoms with Crippen molar-refractivity contribution in [3.63, 3.8) is 0 Å². The average Bonchev–Trinajstić information content (AvgIpc) is 2.25. The molecule has 0 aromatic carbocycles. The number of hydrogen-bond donors (Lipinski definition) is 2. The second kappa shape index (κ2) is 6.53. The van der Waals surface area contributed by atoms with E-state index in [0.717, 1.165) is 25.5 Å². The van der Waals surface area contributed by atoms with Gasteiger partial charge in [-0.3, -0.25) is 4.98 Å². The topological polar surface area (TPSA) is 37.0 Å². The van der Waals surface area contributed by atoms with Crippen LogP contribution < -0.4 is 10.6 Å². The van der Waals surface area contributed by atoms with Crippen molar-refractivity contribution in [3.05, 3.63) is 29.6 Å². The van der Waals surface area contributed by atoms with Gasteiger partial charge < -0.3 is 10.6 Å². The molecule has 0 radical (unpaired) electrons. The van der Waals surface area contributed by atoms with Gasteiger partial charge in [-0.15, -0.1) is 0 Å². The molecule has 0 atom stereocenters. The van der Waals surface area contributed by atoms with Crippen LogP contribution in [0.25, 0.3) is 0 Å². The fourth-order valence-electron chi connectivity index (χ4n) is 1.30. The quantitative estimate of drug-likeness (QED) is 0.552. The molecule has 1 aromatic rings. The van der Waals surface area contributed by atoms with E-state index in [1.807, 2.05) is 6.20 Å². The summed E-state index contributed by atoms with van der Waals surface area (Å²) in [7, 11) is 0. The van der Waals surface area contributed by atoms with E-state index in [1.54, 1.807) is 0 Å². The van der Waals surface area contributed by atoms with Crippen LogP contribution >= 0.6 is 0 Å². The molecule has 0 amide bonds. The lowest BCUT2D eigenvalue weighted by atomic mass is 10.1. The normalized spacial score (nSPS) is 10.9. The third kappa shape index (κ3) is 4.40. The highest BCUT2D eigenvalue weighted by Crippen LogP contribution is 2.10. The van der Waals surface area contributed by atoms with E-state index >= 15 is 0 Å². The summed E-state index contributed by atoms with van der Waals surface area (Å²) in [5, 5.41) is 6.52. The van der Waals surface area contributed by atoms with E-state index in [1.165, 1.54) is 5.56 Å². The van der Waals surface area contributed by atoms with Crippen LogP contribution in [-0.4, -0.2) is 18.2 Å². The molecule has 0 bridgehead atoms. The van der Waals surface area contributed by atoms with Crippen LogP contribution in [0, 0.1) is 0 Å². The minimum Gasteiger partial charge on any atom is -0.305 e. The second-order valence-corrected chi connectivity index (χ2v) is 3.95. The van der Waals surface area contributed by atoms with E-state index in [0.29, 0.717) is 5.92 Å². The molecule has 0 aliphatic heterocycles. The molecule has 0 unspecified atom stereocenters. The molecule has 1 heterocycles. The summed E-state index contributed by atoms with van der Waals surface area (Å²) >= 11 is 0. The first kappa shape index (κ1) is 12.1. The van der Waals surface area contributed by atoms with E-state index < -0.39 is 0 Å². The van der Waals surface area contributed by atoms with E-state index in [2.05, 4.69) is 48.5 Å². The molecule has 0 fully saturated rings. The highest BCUT2D eigenvalue weighted by molar-refractivity contribution is 5.15. The summed E-state index contributed by atoms with van der Waals surface area (Å²) in [6.45, 7) is 9.13. The van der Waals surface area contributed by atoms with Crippen LogP contribution in [0.15, 0.2) is 18.3 Å². The molecule has 1 rings (SSSR count). The van der Waals surface area contributed by atoms with E-state index in [9.17, 15) is 0 Å². The fraction of sp³-hybridized carbons (Fsp3) is 0.583. The molecule has 0 aliphatic carbocycles. The van der Waals surface area contributed by atoms with Crippen LogP contribution in [0.2, 0.25) is 0 Å². The van der Waals surface area contributed by atoms with Crippen LogP contribution in [-0.2, 0) is 6.54 Å². The lowest BCUT2D eigenvalue weighted by Gasteiger charge is -2.07. The smallest absolute Gasteiger partial charge is 0.0456 e. The standard InChI is InChI=1S/C12H21N3/c1-4-13-9-14-7-11-5-6-12(10(2)3)15-8-11/h5-6,8,10,13-14H,4,7,9H2,1-3H3. The van der Waals surface area contributed by atoms with Crippen molar-refractivity contribution in [2.75, 3.05) is 13.2 Å². The Balaban J connectivity index is 2.36. The maximum atomic E-state index is 4.42. The van der Waals surface area contributed by atoms with Gasteiger partial charge in [0.05, 0.1) is 0 Å². The molecule has 84 valence electrons. The molecular weight excluding hydrogens is 186 g/mol. The van der Waals surface area contributed by atoms with Crippen molar-refractivity contribution in [2.45, 2.75) is 33.2 Å². The number of rotatable bonds is 6. The summed E-state index contributed by atoms with van der Waals surface area (Å²) in [6, 6.07) is 4.25. The Labute approximate surface area is 92.3 Å². The number of nitrogens with one attached hydrogen (secondary N) is 2. The van der Waals surface area contributed by atoms with Gasteiger partial charge in [-0.25, -0.2) is 0 Å². The first-order valence-corrected chi connectivity index (χ1v) is 5.60. The van der Waals surface area contributed by atoms with Crippen molar-refractivity contribution in [1.29, 1.82) is 0 Å². The number of pyridine rings is 1. The maximum absolute atomic E-state index is 4.42. The van der Waals surface area contributed by atoms with E-state index in [4.69, 9.17) is 0 Å². The molecule has 0 aliphatic rings. The Kier molecular flexibility index (Phi) is 5.29. The molecule has 15 heavy (non-hydrogen) atoms. The van der Waals surface area contributed by atoms with Gasteiger partial charge in [0.25, 0.3) is 0 Å². The Bertz CT molecular complexity index is 267. The summed E-state index contributed by atoms with van der Waals surface area (Å²) in [4.78, 5) is 4.42. The summed E-state index contributed by atoms with van der Waals surface area (Å²) < 4.78 is 0. The molecule has 3 nitrogen and oxygen atoms in total. The third-order valence-corrected chi connectivity index (χ3v) is 2.27. The van der Waals surface area contributed by atoms with Crippen LogP contribution in [0.3, 0.4) is 0 Å². The SMILES string of the molecule is CCNCNCc1ccc(C(C)C)nc1. The summed E-state index contributed by atoms with van der Waals surface area (Å²) in [5.74, 6) is 0.508. The fourth-order valence-corrected chi connectivity index (χ4v) is 1.30. The maximum Gasteiger partial charge on any atom is 0.0456 e. The van der Waals surface area contributed by atoms with Crippen molar-refractivity contribution >= 4 is 0 Å².